The van der Waals surface area contributed by atoms with Crippen LogP contribution in [0.15, 0.2) is 16.8 Å². The summed E-state index contributed by atoms with van der Waals surface area (Å²) in [5.41, 5.74) is 2.58. The number of carbonyl (C=O) groups excluding carboxylic acids is 3. The van der Waals surface area contributed by atoms with Crippen molar-refractivity contribution in [2.24, 2.45) is 39.7 Å². The van der Waals surface area contributed by atoms with Crippen molar-refractivity contribution < 1.29 is 24.3 Å². The lowest BCUT2D eigenvalue weighted by Gasteiger charge is -2.58. The van der Waals surface area contributed by atoms with E-state index in [2.05, 4.69) is 29.6 Å². The fraction of sp³-hybridized carbons (Fsp3) is 0.806. The van der Waals surface area contributed by atoms with Crippen LogP contribution in [-0.2, 0) is 14.4 Å². The Hall–Kier alpha value is -2.26. The molecule has 0 aromatic heterocycles. The number of amides is 2. The van der Waals surface area contributed by atoms with E-state index >= 15 is 0 Å². The fourth-order valence-electron chi connectivity index (χ4n) is 9.47. The average Bonchev–Trinajstić information content (AvgIpc) is 3.55. The molecule has 40 heavy (non-hydrogen) atoms. The fourth-order valence-corrected chi connectivity index (χ4v) is 9.47. The van der Waals surface area contributed by atoms with Gasteiger partial charge in [-0.3, -0.25) is 14.4 Å². The highest BCUT2D eigenvalue weighted by Crippen LogP contribution is 2.66. The lowest BCUT2D eigenvalue weighted by atomic mass is 9.46. The summed E-state index contributed by atoms with van der Waals surface area (Å²) < 4.78 is 0. The topological polar surface area (TPSA) is 120 Å². The van der Waals surface area contributed by atoms with Crippen LogP contribution < -0.4 is 10.6 Å². The van der Waals surface area contributed by atoms with Crippen molar-refractivity contribution in [2.75, 3.05) is 26.7 Å². The van der Waals surface area contributed by atoms with Crippen molar-refractivity contribution in [1.82, 2.24) is 15.5 Å². The molecule has 5 aliphatic rings. The van der Waals surface area contributed by atoms with E-state index in [0.29, 0.717) is 42.9 Å². The number of hydrogen-bond donors (Lipinski definition) is 3. The summed E-state index contributed by atoms with van der Waals surface area (Å²) in [6, 6.07) is -0.297. The van der Waals surface area contributed by atoms with Crippen molar-refractivity contribution in [3.63, 3.8) is 0 Å². The van der Waals surface area contributed by atoms with Gasteiger partial charge >= 0.3 is 6.09 Å². The van der Waals surface area contributed by atoms with Crippen molar-refractivity contribution in [3.05, 3.63) is 11.6 Å². The summed E-state index contributed by atoms with van der Waals surface area (Å²) in [4.78, 5) is 44.1. The minimum absolute atomic E-state index is 0.0360. The number of nitrogens with one attached hydrogen (secondary N) is 2. The van der Waals surface area contributed by atoms with Crippen LogP contribution in [0.3, 0.4) is 0 Å². The first-order valence-electron chi connectivity index (χ1n) is 15.4. The second kappa shape index (κ2) is 11.6. The number of fused-ring (bicyclic) bond motifs is 5. The van der Waals surface area contributed by atoms with Gasteiger partial charge in [0, 0.05) is 38.5 Å². The summed E-state index contributed by atoms with van der Waals surface area (Å²) >= 11 is 0. The lowest BCUT2D eigenvalue weighted by Crippen LogP contribution is -2.51. The Kier molecular flexibility index (Phi) is 8.44. The number of aliphatic hydroxyl groups excluding tert-OH is 1. The van der Waals surface area contributed by atoms with Crippen LogP contribution in [-0.4, -0.2) is 72.3 Å². The maximum absolute atomic E-state index is 13.0. The maximum atomic E-state index is 13.0. The summed E-state index contributed by atoms with van der Waals surface area (Å²) in [6.07, 6.45) is 11.3. The van der Waals surface area contributed by atoms with Crippen molar-refractivity contribution in [2.45, 2.75) is 97.1 Å². The Balaban J connectivity index is 1.22. The SMILES string of the molecule is CNC(=O)C1CCC(CN(CCO)C(=O)O/N=C(\C)[C@H]2CC[C@H]3[C@@H]4CCC5=CC(=O)CC[C@]5(C)[C@H]4CC[C@]23C)N1. The Labute approximate surface area is 238 Å². The van der Waals surface area contributed by atoms with Gasteiger partial charge in [-0.1, -0.05) is 24.6 Å². The third-order valence-electron chi connectivity index (χ3n) is 11.6. The molecular weight excluding hydrogens is 508 g/mol. The molecule has 3 saturated carbocycles. The molecule has 0 bridgehead atoms. The van der Waals surface area contributed by atoms with Crippen molar-refractivity contribution in [3.8, 4) is 0 Å². The molecule has 1 aliphatic heterocycles. The van der Waals surface area contributed by atoms with Crippen LogP contribution in [0.5, 0.6) is 0 Å². The quantitative estimate of drug-likeness (QED) is 0.249. The number of aliphatic hydroxyl groups is 1. The zero-order valence-corrected chi connectivity index (χ0v) is 24.7. The number of allylic oxidation sites excluding steroid dienone is 1. The molecule has 222 valence electrons. The molecular formula is C31H48N4O5. The molecule has 1 saturated heterocycles. The smallest absolute Gasteiger partial charge is 0.395 e. The normalized spacial score (nSPS) is 39.1. The summed E-state index contributed by atoms with van der Waals surface area (Å²) in [6.45, 7) is 7.19. The van der Waals surface area contributed by atoms with Crippen LogP contribution in [0, 0.1) is 34.5 Å². The lowest BCUT2D eigenvalue weighted by molar-refractivity contribution is -0.122. The van der Waals surface area contributed by atoms with E-state index in [1.165, 1.54) is 29.7 Å². The van der Waals surface area contributed by atoms with Gasteiger partial charge in [-0.2, -0.15) is 0 Å². The number of nitrogens with zero attached hydrogens (tertiary/aromatic N) is 2. The predicted octanol–water partition coefficient (Wildman–Crippen LogP) is 3.81. The van der Waals surface area contributed by atoms with Gasteiger partial charge in [0.2, 0.25) is 5.91 Å². The molecule has 2 amide bonds. The van der Waals surface area contributed by atoms with Gasteiger partial charge in [0.1, 0.15) is 0 Å². The second-order valence-corrected chi connectivity index (χ2v) is 13.5. The number of oxime groups is 1. The van der Waals surface area contributed by atoms with Gasteiger partial charge in [-0.15, -0.1) is 0 Å². The summed E-state index contributed by atoms with van der Waals surface area (Å²) in [5, 5.41) is 19.9. The molecule has 1 heterocycles. The second-order valence-electron chi connectivity index (χ2n) is 13.5. The Morgan fingerprint density at radius 2 is 1.93 bits per heavy atom. The third-order valence-corrected chi connectivity index (χ3v) is 11.6. The first-order chi connectivity index (χ1) is 19.1. The monoisotopic (exact) mass is 556 g/mol. The van der Waals surface area contributed by atoms with E-state index in [0.717, 1.165) is 37.8 Å². The number of rotatable bonds is 7. The average molecular weight is 557 g/mol. The van der Waals surface area contributed by atoms with Gasteiger partial charge in [0.15, 0.2) is 5.78 Å². The van der Waals surface area contributed by atoms with E-state index in [-0.39, 0.29) is 47.9 Å². The van der Waals surface area contributed by atoms with Crippen LogP contribution >= 0.6 is 0 Å². The number of hydrogen-bond acceptors (Lipinski definition) is 7. The third kappa shape index (κ3) is 5.24. The minimum Gasteiger partial charge on any atom is -0.395 e. The van der Waals surface area contributed by atoms with Crippen molar-refractivity contribution >= 4 is 23.5 Å². The van der Waals surface area contributed by atoms with Crippen LogP contribution in [0.2, 0.25) is 0 Å². The van der Waals surface area contributed by atoms with E-state index in [4.69, 9.17) is 4.84 Å². The molecule has 0 aromatic carbocycles. The molecule has 8 atom stereocenters. The Bertz CT molecular complexity index is 1070. The first-order valence-corrected chi connectivity index (χ1v) is 15.4. The predicted molar refractivity (Wildman–Crippen MR) is 152 cm³/mol. The number of likely N-dealkylation sites (N-methyl/N-ethyl adjacent to an activating group) is 1. The first kappa shape index (κ1) is 29.2. The Morgan fingerprint density at radius 1 is 1.12 bits per heavy atom. The van der Waals surface area contributed by atoms with E-state index < -0.39 is 6.09 Å². The molecule has 0 radical (unpaired) electrons. The Morgan fingerprint density at radius 3 is 2.67 bits per heavy atom. The van der Waals surface area contributed by atoms with Gasteiger partial charge in [-0.25, -0.2) is 4.79 Å². The molecule has 3 N–H and O–H groups in total. The molecule has 9 nitrogen and oxygen atoms in total. The van der Waals surface area contributed by atoms with Gasteiger partial charge in [0.05, 0.1) is 18.4 Å². The molecule has 0 spiro atoms. The van der Waals surface area contributed by atoms with Gasteiger partial charge < -0.3 is 20.6 Å². The van der Waals surface area contributed by atoms with Crippen LogP contribution in [0.4, 0.5) is 4.79 Å². The van der Waals surface area contributed by atoms with Gasteiger partial charge in [-0.05, 0) is 99.4 Å². The zero-order valence-electron chi connectivity index (χ0n) is 24.7. The molecule has 0 aromatic rings. The molecule has 5 rings (SSSR count). The number of carbonyl (C=O) groups is 3. The highest BCUT2D eigenvalue weighted by Gasteiger charge is 2.59. The maximum Gasteiger partial charge on any atom is 0.436 e. The van der Waals surface area contributed by atoms with Crippen LogP contribution in [0.25, 0.3) is 0 Å². The van der Waals surface area contributed by atoms with E-state index in [1.54, 1.807) is 7.05 Å². The highest BCUT2D eigenvalue weighted by molar-refractivity contribution is 5.91. The van der Waals surface area contributed by atoms with E-state index in [9.17, 15) is 19.5 Å². The molecule has 4 aliphatic carbocycles. The molecule has 9 heteroatoms. The minimum atomic E-state index is -0.562. The molecule has 2 unspecified atom stereocenters. The summed E-state index contributed by atoms with van der Waals surface area (Å²) in [5.74, 6) is 2.48. The van der Waals surface area contributed by atoms with Crippen LogP contribution in [0.1, 0.15) is 85.0 Å². The standard InChI is InChI=1S/C31H48N4O5/c1-19(34-40-29(39)35(15-16-36)18-21-6-10-27(33-21)28(38)32-4)24-8-9-25-23-7-5-20-17-22(37)11-13-30(20,2)26(23)12-14-31(24,25)3/h17,21,23-27,33,36H,5-16,18H2,1-4H3,(H,32,38)/b34-19+/t21?,23-,24+,25-,26-,27?,30-,31+/m0/s1. The van der Waals surface area contributed by atoms with Gasteiger partial charge in [0.25, 0.3) is 0 Å². The highest BCUT2D eigenvalue weighted by atomic mass is 16.7. The largest absolute Gasteiger partial charge is 0.436 e. The van der Waals surface area contributed by atoms with Crippen molar-refractivity contribution in [1.29, 1.82) is 0 Å². The number of ketones is 1. The summed E-state index contributed by atoms with van der Waals surface area (Å²) in [7, 11) is 1.62. The zero-order chi connectivity index (χ0) is 28.7. The van der Waals surface area contributed by atoms with E-state index in [1.807, 2.05) is 13.0 Å². The molecule has 4 fully saturated rings.